The normalized spacial score (nSPS) is 11.1. The van der Waals surface area contributed by atoms with Crippen LogP contribution in [0.1, 0.15) is 11.1 Å². The van der Waals surface area contributed by atoms with E-state index in [1.807, 2.05) is 79.7 Å². The molecule has 0 radical (unpaired) electrons. The van der Waals surface area contributed by atoms with E-state index in [0.29, 0.717) is 22.0 Å². The molecule has 3 aromatic carbocycles. The van der Waals surface area contributed by atoms with E-state index >= 15 is 0 Å². The number of carbonyl (C=O) groups excluding carboxylic acids is 1. The molecule has 0 saturated heterocycles. The number of ether oxygens (including phenoxy) is 1. The summed E-state index contributed by atoms with van der Waals surface area (Å²) in [7, 11) is 1.59. The van der Waals surface area contributed by atoms with Gasteiger partial charge in [0, 0.05) is 16.6 Å². The number of carbonyl (C=O) groups is 1. The summed E-state index contributed by atoms with van der Waals surface area (Å²) in [4.78, 5) is 31.0. The van der Waals surface area contributed by atoms with Gasteiger partial charge in [-0.15, -0.1) is 0 Å². The number of anilines is 1. The van der Waals surface area contributed by atoms with Gasteiger partial charge in [0.2, 0.25) is 11.5 Å². The summed E-state index contributed by atoms with van der Waals surface area (Å²) in [5.41, 5.74) is 3.57. The van der Waals surface area contributed by atoms with Crippen LogP contribution in [0.25, 0.3) is 22.1 Å². The van der Waals surface area contributed by atoms with E-state index in [4.69, 9.17) is 14.1 Å². The molecule has 0 fully saturated rings. The van der Waals surface area contributed by atoms with Crippen LogP contribution in [-0.4, -0.2) is 28.3 Å². The molecule has 0 saturated carbocycles. The fourth-order valence-electron chi connectivity index (χ4n) is 3.96. The van der Waals surface area contributed by atoms with Crippen molar-refractivity contribution in [2.75, 3.05) is 18.2 Å². The molecule has 2 heterocycles. The fraction of sp³-hybridized carbons (Fsp3) is 0.148. The molecule has 0 aliphatic carbocycles. The number of nitrogens with zero attached hydrogens (tertiary/aromatic N) is 2. The highest BCUT2D eigenvalue weighted by Gasteiger charge is 2.19. The van der Waals surface area contributed by atoms with Gasteiger partial charge in [-0.2, -0.15) is 0 Å². The lowest BCUT2D eigenvalue weighted by Gasteiger charge is -2.14. The first kappa shape index (κ1) is 22.7. The van der Waals surface area contributed by atoms with Crippen molar-refractivity contribution in [1.82, 2.24) is 9.55 Å². The van der Waals surface area contributed by atoms with Crippen LogP contribution in [0, 0.1) is 6.92 Å². The van der Waals surface area contributed by atoms with Crippen molar-refractivity contribution < 1.29 is 13.9 Å². The van der Waals surface area contributed by atoms with Gasteiger partial charge in [-0.05, 0) is 42.8 Å². The lowest BCUT2D eigenvalue weighted by atomic mass is 10.2. The van der Waals surface area contributed by atoms with Crippen LogP contribution in [0.2, 0.25) is 0 Å². The summed E-state index contributed by atoms with van der Waals surface area (Å²) >= 11 is 1.21. The lowest BCUT2D eigenvalue weighted by Crippen LogP contribution is -2.24. The van der Waals surface area contributed by atoms with E-state index in [2.05, 4.69) is 5.32 Å². The number of hydrogen-bond acceptors (Lipinski definition) is 6. The van der Waals surface area contributed by atoms with E-state index in [-0.39, 0.29) is 29.3 Å². The summed E-state index contributed by atoms with van der Waals surface area (Å²) in [6, 6.07) is 22.5. The Morgan fingerprint density at radius 2 is 1.89 bits per heavy atom. The number of hydrogen-bond donors (Lipinski definition) is 1. The second-order valence-corrected chi connectivity index (χ2v) is 9.02. The van der Waals surface area contributed by atoms with Crippen molar-refractivity contribution in [3.8, 4) is 5.75 Å². The summed E-state index contributed by atoms with van der Waals surface area (Å²) < 4.78 is 12.9. The largest absolute Gasteiger partial charge is 0.496 e. The number of aromatic nitrogens is 2. The fourth-order valence-corrected chi connectivity index (χ4v) is 4.75. The molecular formula is C27H23N3O4S. The summed E-state index contributed by atoms with van der Waals surface area (Å²) in [5.74, 6) is 0.571. The zero-order valence-electron chi connectivity index (χ0n) is 19.3. The molecule has 8 heteroatoms. The van der Waals surface area contributed by atoms with Crippen LogP contribution in [0.15, 0.2) is 87.2 Å². The molecule has 1 N–H and O–H groups in total. The minimum Gasteiger partial charge on any atom is -0.496 e. The van der Waals surface area contributed by atoms with E-state index in [9.17, 15) is 9.59 Å². The van der Waals surface area contributed by atoms with E-state index in [0.717, 1.165) is 22.2 Å². The van der Waals surface area contributed by atoms with Crippen molar-refractivity contribution in [3.05, 3.63) is 94.3 Å². The van der Waals surface area contributed by atoms with E-state index in [1.165, 1.54) is 16.3 Å². The Labute approximate surface area is 205 Å². The second-order valence-electron chi connectivity index (χ2n) is 8.08. The average molecular weight is 486 g/mol. The number of para-hydroxylation sites is 2. The van der Waals surface area contributed by atoms with E-state index < -0.39 is 0 Å². The maximum absolute atomic E-state index is 13.6. The number of fused-ring (bicyclic) bond motifs is 3. The first-order valence-corrected chi connectivity index (χ1v) is 12.1. The number of furan rings is 1. The predicted octanol–water partition coefficient (Wildman–Crippen LogP) is 5.24. The molecule has 0 bridgehead atoms. The molecule has 0 aliphatic rings. The molecule has 0 unspecified atom stereocenters. The van der Waals surface area contributed by atoms with Gasteiger partial charge in [0.05, 0.1) is 19.4 Å². The first-order chi connectivity index (χ1) is 17.0. The SMILES string of the molecule is COc1ccccc1Cn1c(SCC(=O)Nc2cccc(C)c2)nc2c(oc3ccccc32)c1=O. The van der Waals surface area contributed by atoms with Crippen LogP contribution < -0.4 is 15.6 Å². The summed E-state index contributed by atoms with van der Waals surface area (Å²) in [6.45, 7) is 2.19. The van der Waals surface area contributed by atoms with Gasteiger partial charge < -0.3 is 14.5 Å². The quantitative estimate of drug-likeness (QED) is 0.251. The number of thioether (sulfide) groups is 1. The molecule has 1 amide bonds. The maximum atomic E-state index is 13.6. The van der Waals surface area contributed by atoms with Gasteiger partial charge in [0.15, 0.2) is 5.16 Å². The van der Waals surface area contributed by atoms with Gasteiger partial charge >= 0.3 is 0 Å². The van der Waals surface area contributed by atoms with Gasteiger partial charge in [0.1, 0.15) is 16.8 Å². The number of nitrogens with one attached hydrogen (secondary N) is 1. The van der Waals surface area contributed by atoms with Crippen molar-refractivity contribution in [2.24, 2.45) is 0 Å². The Bertz CT molecular complexity index is 1610. The minimum atomic E-state index is -0.307. The standard InChI is InChI=1S/C27H23N3O4S/c1-17-8-7-10-19(14-17)28-23(31)16-35-27-29-24-20-11-4-6-13-22(20)34-25(24)26(32)30(27)15-18-9-3-5-12-21(18)33-2/h3-14H,15-16H2,1-2H3,(H,28,31). The van der Waals surface area contributed by atoms with Gasteiger partial charge in [0.25, 0.3) is 5.56 Å². The Morgan fingerprint density at radius 3 is 2.71 bits per heavy atom. The van der Waals surface area contributed by atoms with Gasteiger partial charge in [-0.3, -0.25) is 14.2 Å². The molecule has 5 rings (SSSR count). The molecular weight excluding hydrogens is 462 g/mol. The highest BCUT2D eigenvalue weighted by molar-refractivity contribution is 7.99. The third-order valence-electron chi connectivity index (χ3n) is 5.60. The molecule has 0 atom stereocenters. The number of rotatable bonds is 7. The summed E-state index contributed by atoms with van der Waals surface area (Å²) in [5, 5.41) is 4.09. The zero-order chi connectivity index (χ0) is 24.4. The van der Waals surface area contributed by atoms with Crippen molar-refractivity contribution in [3.63, 3.8) is 0 Å². The molecule has 0 aliphatic heterocycles. The molecule has 2 aromatic heterocycles. The third kappa shape index (κ3) is 4.65. The van der Waals surface area contributed by atoms with Gasteiger partial charge in [-0.25, -0.2) is 4.98 Å². The second kappa shape index (κ2) is 9.68. The van der Waals surface area contributed by atoms with Gasteiger partial charge in [-0.1, -0.05) is 54.2 Å². The van der Waals surface area contributed by atoms with Crippen LogP contribution >= 0.6 is 11.8 Å². The summed E-state index contributed by atoms with van der Waals surface area (Å²) in [6.07, 6.45) is 0. The van der Waals surface area contributed by atoms with Crippen molar-refractivity contribution >= 4 is 45.4 Å². The Kier molecular flexibility index (Phi) is 6.29. The first-order valence-electron chi connectivity index (χ1n) is 11.1. The third-order valence-corrected chi connectivity index (χ3v) is 6.58. The molecule has 0 spiro atoms. The molecule has 7 nitrogen and oxygen atoms in total. The number of amides is 1. The van der Waals surface area contributed by atoms with Crippen LogP contribution in [0.3, 0.4) is 0 Å². The highest BCUT2D eigenvalue weighted by atomic mass is 32.2. The molecule has 176 valence electrons. The predicted molar refractivity (Wildman–Crippen MR) is 138 cm³/mol. The number of aryl methyl sites for hydroxylation is 1. The minimum absolute atomic E-state index is 0.0909. The zero-order valence-corrected chi connectivity index (χ0v) is 20.1. The van der Waals surface area contributed by atoms with Crippen molar-refractivity contribution in [1.29, 1.82) is 0 Å². The van der Waals surface area contributed by atoms with Crippen molar-refractivity contribution in [2.45, 2.75) is 18.6 Å². The molecule has 5 aromatic rings. The van der Waals surface area contributed by atoms with Crippen LogP contribution in [-0.2, 0) is 11.3 Å². The molecule has 35 heavy (non-hydrogen) atoms. The smallest absolute Gasteiger partial charge is 0.298 e. The van der Waals surface area contributed by atoms with Crippen LogP contribution in [0.4, 0.5) is 5.69 Å². The van der Waals surface area contributed by atoms with Crippen LogP contribution in [0.5, 0.6) is 5.75 Å². The lowest BCUT2D eigenvalue weighted by molar-refractivity contribution is -0.113. The number of methoxy groups -OCH3 is 1. The Balaban J connectivity index is 1.53. The Hall–Kier alpha value is -4.04. The van der Waals surface area contributed by atoms with E-state index in [1.54, 1.807) is 7.11 Å². The Morgan fingerprint density at radius 1 is 1.09 bits per heavy atom. The average Bonchev–Trinajstić information content (AvgIpc) is 3.24. The number of benzene rings is 3. The topological polar surface area (TPSA) is 86.4 Å². The highest BCUT2D eigenvalue weighted by Crippen LogP contribution is 2.28. The maximum Gasteiger partial charge on any atom is 0.298 e. The monoisotopic (exact) mass is 485 g/mol.